The molecule has 2 aromatic rings. The van der Waals surface area contributed by atoms with Crippen molar-refractivity contribution in [1.82, 2.24) is 15.1 Å². The molecule has 2 heterocycles. The van der Waals surface area contributed by atoms with Gasteiger partial charge in [0.2, 0.25) is 0 Å². The van der Waals surface area contributed by atoms with Gasteiger partial charge in [-0.25, -0.2) is 4.79 Å². The molecule has 7 heteroatoms. The Bertz CT molecular complexity index is 683. The molecular formula is C15H15N3O4. The number of nitrogens with one attached hydrogen (secondary N) is 1. The summed E-state index contributed by atoms with van der Waals surface area (Å²) in [5.74, 6) is -0.972. The lowest BCUT2D eigenvalue weighted by Gasteiger charge is -2.23. The van der Waals surface area contributed by atoms with Crippen LogP contribution in [0.2, 0.25) is 0 Å². The van der Waals surface area contributed by atoms with Crippen molar-refractivity contribution in [1.29, 1.82) is 0 Å². The summed E-state index contributed by atoms with van der Waals surface area (Å²) >= 11 is 0. The summed E-state index contributed by atoms with van der Waals surface area (Å²) < 4.78 is 5.28. The number of hydrogen-bond donors (Lipinski definition) is 2. The molecule has 22 heavy (non-hydrogen) atoms. The Morgan fingerprint density at radius 2 is 2.14 bits per heavy atom. The van der Waals surface area contributed by atoms with Crippen LogP contribution in [0.3, 0.4) is 0 Å². The monoisotopic (exact) mass is 301 g/mol. The number of H-pyrrole nitrogens is 1. The van der Waals surface area contributed by atoms with E-state index < -0.39 is 18.1 Å². The van der Waals surface area contributed by atoms with Crippen LogP contribution in [0.5, 0.6) is 0 Å². The van der Waals surface area contributed by atoms with Gasteiger partial charge in [-0.3, -0.25) is 14.8 Å². The molecule has 1 atom stereocenters. The van der Waals surface area contributed by atoms with E-state index in [0.717, 1.165) is 16.8 Å². The van der Waals surface area contributed by atoms with Crippen molar-refractivity contribution in [2.75, 3.05) is 0 Å². The molecule has 0 aliphatic carbocycles. The van der Waals surface area contributed by atoms with E-state index in [-0.39, 0.29) is 19.6 Å². The zero-order valence-electron chi connectivity index (χ0n) is 11.7. The molecule has 0 fully saturated rings. The second kappa shape index (κ2) is 5.88. The average Bonchev–Trinajstić information content (AvgIpc) is 3.08. The fourth-order valence-electron chi connectivity index (χ4n) is 2.56. The number of carboxylic acids is 1. The van der Waals surface area contributed by atoms with E-state index >= 15 is 0 Å². The largest absolute Gasteiger partial charge is 0.481 e. The summed E-state index contributed by atoms with van der Waals surface area (Å²) in [6, 6.07) is 8.78. The van der Waals surface area contributed by atoms with Crippen LogP contribution in [0.1, 0.15) is 29.3 Å². The second-order valence-electron chi connectivity index (χ2n) is 5.09. The number of amides is 1. The lowest BCUT2D eigenvalue weighted by atomic mass is 10.1. The van der Waals surface area contributed by atoms with E-state index in [1.54, 1.807) is 6.20 Å². The summed E-state index contributed by atoms with van der Waals surface area (Å²) in [4.78, 5) is 24.7. The second-order valence-corrected chi connectivity index (χ2v) is 5.09. The van der Waals surface area contributed by atoms with E-state index in [1.165, 1.54) is 4.90 Å². The standard InChI is InChI=1S/C15H15N3O4/c19-14(20)6-13-11-7-16-17-12(11)8-18(13)15(21)22-9-10-4-2-1-3-5-10/h1-5,7,13H,6,8-9H2,(H,16,17)(H,19,20). The van der Waals surface area contributed by atoms with E-state index in [1.807, 2.05) is 30.3 Å². The highest BCUT2D eigenvalue weighted by molar-refractivity contribution is 5.73. The number of aliphatic carboxylic acids is 1. The Labute approximate surface area is 126 Å². The number of benzene rings is 1. The minimum Gasteiger partial charge on any atom is -0.481 e. The summed E-state index contributed by atoms with van der Waals surface area (Å²) in [5.41, 5.74) is 2.37. The minimum atomic E-state index is -0.972. The van der Waals surface area contributed by atoms with E-state index in [4.69, 9.17) is 9.84 Å². The van der Waals surface area contributed by atoms with Crippen LogP contribution in [0.15, 0.2) is 36.5 Å². The Kier molecular flexibility index (Phi) is 3.78. The molecular weight excluding hydrogens is 286 g/mol. The van der Waals surface area contributed by atoms with Crippen LogP contribution in [0, 0.1) is 0 Å². The first-order chi connectivity index (χ1) is 10.6. The van der Waals surface area contributed by atoms with Gasteiger partial charge in [-0.05, 0) is 5.56 Å². The number of hydrogen-bond acceptors (Lipinski definition) is 4. The lowest BCUT2D eigenvalue weighted by Crippen LogP contribution is -2.31. The SMILES string of the molecule is O=C(O)CC1c2cn[nH]c2CN1C(=O)OCc1ccccc1. The smallest absolute Gasteiger partial charge is 0.410 e. The Balaban J connectivity index is 1.69. The molecule has 2 N–H and O–H groups in total. The van der Waals surface area contributed by atoms with Gasteiger partial charge in [-0.15, -0.1) is 0 Å². The van der Waals surface area contributed by atoms with Crippen LogP contribution in [0.4, 0.5) is 4.79 Å². The van der Waals surface area contributed by atoms with Crippen LogP contribution < -0.4 is 0 Å². The van der Waals surface area contributed by atoms with Crippen molar-refractivity contribution >= 4 is 12.1 Å². The number of carboxylic acid groups (broad SMARTS) is 1. The first-order valence-corrected chi connectivity index (χ1v) is 6.86. The number of nitrogens with zero attached hydrogens (tertiary/aromatic N) is 2. The van der Waals surface area contributed by atoms with Crippen molar-refractivity contribution in [3.05, 3.63) is 53.3 Å². The zero-order chi connectivity index (χ0) is 15.5. The fourth-order valence-corrected chi connectivity index (χ4v) is 2.56. The number of aromatic amines is 1. The maximum Gasteiger partial charge on any atom is 0.410 e. The van der Waals surface area contributed by atoms with Crippen molar-refractivity contribution in [2.45, 2.75) is 25.6 Å². The lowest BCUT2D eigenvalue weighted by molar-refractivity contribution is -0.138. The van der Waals surface area contributed by atoms with E-state index in [0.29, 0.717) is 0 Å². The third kappa shape index (κ3) is 2.78. The molecule has 0 saturated heterocycles. The average molecular weight is 301 g/mol. The first kappa shape index (κ1) is 14.1. The number of carbonyl (C=O) groups is 2. The molecule has 1 aliphatic heterocycles. The molecule has 0 bridgehead atoms. The van der Waals surface area contributed by atoms with Crippen LogP contribution in [-0.2, 0) is 22.7 Å². The molecule has 1 aliphatic rings. The van der Waals surface area contributed by atoms with Crippen molar-refractivity contribution in [3.8, 4) is 0 Å². The maximum absolute atomic E-state index is 12.3. The van der Waals surface area contributed by atoms with Crippen LogP contribution in [0.25, 0.3) is 0 Å². The highest BCUT2D eigenvalue weighted by Crippen LogP contribution is 2.35. The van der Waals surface area contributed by atoms with Gasteiger partial charge in [0.1, 0.15) is 6.61 Å². The summed E-state index contributed by atoms with van der Waals surface area (Å²) in [6.45, 7) is 0.434. The van der Waals surface area contributed by atoms with Gasteiger partial charge >= 0.3 is 12.1 Å². The molecule has 1 amide bonds. The van der Waals surface area contributed by atoms with Crippen LogP contribution >= 0.6 is 0 Å². The molecule has 3 rings (SSSR count). The summed E-state index contributed by atoms with van der Waals surface area (Å²) in [5, 5.41) is 15.7. The van der Waals surface area contributed by atoms with Gasteiger partial charge in [0.15, 0.2) is 0 Å². The highest BCUT2D eigenvalue weighted by Gasteiger charge is 2.37. The predicted octanol–water partition coefficient (Wildman–Crippen LogP) is 2.08. The van der Waals surface area contributed by atoms with Gasteiger partial charge in [0, 0.05) is 5.56 Å². The van der Waals surface area contributed by atoms with Gasteiger partial charge in [0.25, 0.3) is 0 Å². The molecule has 0 radical (unpaired) electrons. The molecule has 1 unspecified atom stereocenters. The third-order valence-electron chi connectivity index (χ3n) is 3.62. The third-order valence-corrected chi connectivity index (χ3v) is 3.62. The Hall–Kier alpha value is -2.83. The van der Waals surface area contributed by atoms with Gasteiger partial charge in [0.05, 0.1) is 30.9 Å². The van der Waals surface area contributed by atoms with Gasteiger partial charge < -0.3 is 9.84 Å². The van der Waals surface area contributed by atoms with Gasteiger partial charge in [-0.1, -0.05) is 30.3 Å². The molecule has 0 spiro atoms. The molecule has 0 saturated carbocycles. The summed E-state index contributed by atoms with van der Waals surface area (Å²) in [6.07, 6.45) is 0.861. The topological polar surface area (TPSA) is 95.5 Å². The Morgan fingerprint density at radius 3 is 2.86 bits per heavy atom. The molecule has 114 valence electrons. The fraction of sp³-hybridized carbons (Fsp3) is 0.267. The maximum atomic E-state index is 12.3. The minimum absolute atomic E-state index is 0.155. The quantitative estimate of drug-likeness (QED) is 0.901. The number of fused-ring (bicyclic) bond motifs is 1. The van der Waals surface area contributed by atoms with Crippen molar-refractivity contribution in [3.63, 3.8) is 0 Å². The number of ether oxygens (including phenoxy) is 1. The number of aromatic nitrogens is 2. The molecule has 1 aromatic carbocycles. The number of carbonyl (C=O) groups excluding carboxylic acids is 1. The highest BCUT2D eigenvalue weighted by atomic mass is 16.6. The van der Waals surface area contributed by atoms with E-state index in [9.17, 15) is 9.59 Å². The summed E-state index contributed by atoms with van der Waals surface area (Å²) in [7, 11) is 0. The predicted molar refractivity (Wildman–Crippen MR) is 75.8 cm³/mol. The molecule has 1 aromatic heterocycles. The van der Waals surface area contributed by atoms with Crippen molar-refractivity contribution < 1.29 is 19.4 Å². The van der Waals surface area contributed by atoms with Crippen molar-refractivity contribution in [2.24, 2.45) is 0 Å². The van der Waals surface area contributed by atoms with E-state index in [2.05, 4.69) is 10.2 Å². The van der Waals surface area contributed by atoms with Gasteiger partial charge in [-0.2, -0.15) is 5.10 Å². The normalized spacial score (nSPS) is 16.4. The Morgan fingerprint density at radius 1 is 1.36 bits per heavy atom. The first-order valence-electron chi connectivity index (χ1n) is 6.86. The zero-order valence-corrected chi connectivity index (χ0v) is 11.7. The van der Waals surface area contributed by atoms with Crippen LogP contribution in [-0.4, -0.2) is 32.3 Å². The molecule has 7 nitrogen and oxygen atoms in total. The number of rotatable bonds is 4.